The van der Waals surface area contributed by atoms with Crippen LogP contribution in [0.2, 0.25) is 0 Å². The highest BCUT2D eigenvalue weighted by Crippen LogP contribution is 2.50. The Balaban J connectivity index is 1.96. The second-order valence-electron chi connectivity index (χ2n) is 6.24. The van der Waals surface area contributed by atoms with Crippen LogP contribution in [-0.2, 0) is 5.60 Å². The van der Waals surface area contributed by atoms with Crippen LogP contribution in [-0.4, -0.2) is 19.2 Å². The van der Waals surface area contributed by atoms with Gasteiger partial charge in [-0.05, 0) is 28.8 Å². The molecule has 0 bridgehead atoms. The molecule has 1 aliphatic carbocycles. The minimum Gasteiger partial charge on any atom is -0.378 e. The zero-order valence-electron chi connectivity index (χ0n) is 13.3. The number of fused-ring (bicyclic) bond motifs is 3. The van der Waals surface area contributed by atoms with Gasteiger partial charge in [-0.25, -0.2) is 0 Å². The van der Waals surface area contributed by atoms with Crippen LogP contribution in [0.5, 0.6) is 0 Å². The predicted molar refractivity (Wildman–Crippen MR) is 94.7 cm³/mol. The van der Waals surface area contributed by atoms with Crippen LogP contribution < -0.4 is 4.90 Å². The first-order valence-electron chi connectivity index (χ1n) is 7.82. The van der Waals surface area contributed by atoms with Crippen molar-refractivity contribution in [2.45, 2.75) is 5.60 Å². The molecule has 4 rings (SSSR count). The monoisotopic (exact) mass is 301 g/mol. The number of benzene rings is 3. The van der Waals surface area contributed by atoms with Crippen LogP contribution in [0.4, 0.5) is 5.69 Å². The fourth-order valence-electron chi connectivity index (χ4n) is 3.52. The molecule has 2 heteroatoms. The first-order chi connectivity index (χ1) is 11.1. The number of nitrogens with zero attached hydrogens (tertiary/aromatic N) is 1. The Bertz CT molecular complexity index is 820. The topological polar surface area (TPSA) is 23.5 Å². The molecule has 1 N–H and O–H groups in total. The lowest BCUT2D eigenvalue weighted by Crippen LogP contribution is -2.26. The third kappa shape index (κ3) is 1.92. The largest absolute Gasteiger partial charge is 0.378 e. The molecule has 1 aliphatic rings. The number of rotatable bonds is 2. The molecule has 0 heterocycles. The fourth-order valence-corrected chi connectivity index (χ4v) is 3.52. The number of anilines is 1. The number of hydrogen-bond donors (Lipinski definition) is 1. The third-order valence-electron chi connectivity index (χ3n) is 4.73. The zero-order valence-corrected chi connectivity index (χ0v) is 13.3. The molecule has 23 heavy (non-hydrogen) atoms. The molecule has 0 saturated carbocycles. The Hall–Kier alpha value is -2.58. The van der Waals surface area contributed by atoms with Gasteiger partial charge in [0.15, 0.2) is 0 Å². The van der Waals surface area contributed by atoms with Crippen molar-refractivity contribution in [2.24, 2.45) is 0 Å². The summed E-state index contributed by atoms with van der Waals surface area (Å²) in [5, 5.41) is 11.7. The van der Waals surface area contributed by atoms with Crippen LogP contribution >= 0.6 is 0 Å². The molecule has 0 amide bonds. The van der Waals surface area contributed by atoms with E-state index in [9.17, 15) is 5.11 Å². The average Bonchev–Trinajstić information content (AvgIpc) is 2.86. The van der Waals surface area contributed by atoms with E-state index >= 15 is 0 Å². The molecule has 0 aromatic heterocycles. The molecular formula is C21H19NO. The van der Waals surface area contributed by atoms with E-state index in [1.165, 1.54) is 0 Å². The zero-order chi connectivity index (χ0) is 16.0. The van der Waals surface area contributed by atoms with E-state index in [-0.39, 0.29) is 0 Å². The van der Waals surface area contributed by atoms with Crippen LogP contribution in [0.15, 0.2) is 72.8 Å². The summed E-state index contributed by atoms with van der Waals surface area (Å²) in [5.41, 5.74) is 5.08. The highest BCUT2D eigenvalue weighted by atomic mass is 16.3. The van der Waals surface area contributed by atoms with Gasteiger partial charge in [-0.2, -0.15) is 0 Å². The molecule has 0 aliphatic heterocycles. The lowest BCUT2D eigenvalue weighted by Gasteiger charge is -2.27. The van der Waals surface area contributed by atoms with Crippen LogP contribution in [0, 0.1) is 0 Å². The Morgan fingerprint density at radius 1 is 0.696 bits per heavy atom. The number of hydrogen-bond acceptors (Lipinski definition) is 2. The van der Waals surface area contributed by atoms with Gasteiger partial charge in [0.25, 0.3) is 0 Å². The average molecular weight is 301 g/mol. The molecule has 0 fully saturated rings. The van der Waals surface area contributed by atoms with Crippen molar-refractivity contribution >= 4 is 5.69 Å². The molecule has 0 spiro atoms. The molecule has 0 atom stereocenters. The van der Waals surface area contributed by atoms with E-state index in [2.05, 4.69) is 29.2 Å². The van der Waals surface area contributed by atoms with Gasteiger partial charge in [0, 0.05) is 30.9 Å². The van der Waals surface area contributed by atoms with E-state index in [1.54, 1.807) is 0 Å². The second kappa shape index (κ2) is 4.97. The van der Waals surface area contributed by atoms with Crippen molar-refractivity contribution in [3.8, 4) is 11.1 Å². The quantitative estimate of drug-likeness (QED) is 0.773. The van der Waals surface area contributed by atoms with Gasteiger partial charge in [0.05, 0.1) is 0 Å². The molecule has 3 aromatic carbocycles. The second-order valence-corrected chi connectivity index (χ2v) is 6.24. The normalized spacial score (nSPS) is 14.2. The minimum absolute atomic E-state index is 0.903. The van der Waals surface area contributed by atoms with Crippen molar-refractivity contribution in [2.75, 3.05) is 19.0 Å². The Morgan fingerprint density at radius 2 is 1.17 bits per heavy atom. The van der Waals surface area contributed by atoms with Crippen molar-refractivity contribution in [1.29, 1.82) is 0 Å². The lowest BCUT2D eigenvalue weighted by molar-refractivity contribution is 0.131. The first-order valence-corrected chi connectivity index (χ1v) is 7.82. The fraction of sp³-hybridized carbons (Fsp3) is 0.143. The molecule has 0 unspecified atom stereocenters. The molecule has 0 radical (unpaired) electrons. The van der Waals surface area contributed by atoms with E-state index in [0.29, 0.717) is 0 Å². The van der Waals surface area contributed by atoms with Gasteiger partial charge in [0.2, 0.25) is 0 Å². The van der Waals surface area contributed by atoms with Crippen LogP contribution in [0.3, 0.4) is 0 Å². The van der Waals surface area contributed by atoms with Crippen molar-refractivity contribution in [1.82, 2.24) is 0 Å². The summed E-state index contributed by atoms with van der Waals surface area (Å²) < 4.78 is 0. The van der Waals surface area contributed by atoms with Gasteiger partial charge < -0.3 is 10.0 Å². The Labute approximate surface area is 136 Å². The van der Waals surface area contributed by atoms with Crippen LogP contribution in [0.1, 0.15) is 16.7 Å². The summed E-state index contributed by atoms with van der Waals surface area (Å²) in [6.07, 6.45) is 0. The Kier molecular flexibility index (Phi) is 3.03. The molecular weight excluding hydrogens is 282 g/mol. The predicted octanol–water partition coefficient (Wildman–Crippen LogP) is 4.02. The summed E-state index contributed by atoms with van der Waals surface area (Å²) in [6.45, 7) is 0. The molecule has 114 valence electrons. The molecule has 2 nitrogen and oxygen atoms in total. The van der Waals surface area contributed by atoms with Crippen molar-refractivity contribution in [3.05, 3.63) is 89.5 Å². The number of aliphatic hydroxyl groups is 1. The van der Waals surface area contributed by atoms with E-state index in [0.717, 1.165) is 33.5 Å². The smallest absolute Gasteiger partial charge is 0.141 e. The maximum absolute atomic E-state index is 11.7. The standard InChI is InChI=1S/C21H19NO/c1-22(2)16-13-11-15(12-14-16)21(23)19-9-5-3-7-17(19)18-8-4-6-10-20(18)21/h3-14,23H,1-2H3. The first kappa shape index (κ1) is 14.0. The molecule has 0 saturated heterocycles. The lowest BCUT2D eigenvalue weighted by atomic mass is 9.84. The van der Waals surface area contributed by atoms with Gasteiger partial charge in [-0.3, -0.25) is 0 Å². The van der Waals surface area contributed by atoms with Crippen LogP contribution in [0.25, 0.3) is 11.1 Å². The summed E-state index contributed by atoms with van der Waals surface area (Å²) in [5.74, 6) is 0. The van der Waals surface area contributed by atoms with Crippen molar-refractivity contribution < 1.29 is 5.11 Å². The third-order valence-corrected chi connectivity index (χ3v) is 4.73. The van der Waals surface area contributed by atoms with Gasteiger partial charge >= 0.3 is 0 Å². The van der Waals surface area contributed by atoms with E-state index in [4.69, 9.17) is 0 Å². The molecule has 3 aromatic rings. The Morgan fingerprint density at radius 3 is 1.65 bits per heavy atom. The van der Waals surface area contributed by atoms with Gasteiger partial charge in [-0.1, -0.05) is 60.7 Å². The highest BCUT2D eigenvalue weighted by molar-refractivity contribution is 5.82. The summed E-state index contributed by atoms with van der Waals surface area (Å²) in [6, 6.07) is 24.4. The summed E-state index contributed by atoms with van der Waals surface area (Å²) >= 11 is 0. The minimum atomic E-state index is -1.09. The summed E-state index contributed by atoms with van der Waals surface area (Å²) in [4.78, 5) is 2.06. The summed E-state index contributed by atoms with van der Waals surface area (Å²) in [7, 11) is 4.04. The van der Waals surface area contributed by atoms with E-state index < -0.39 is 5.60 Å². The van der Waals surface area contributed by atoms with Crippen molar-refractivity contribution in [3.63, 3.8) is 0 Å². The maximum atomic E-state index is 11.7. The maximum Gasteiger partial charge on any atom is 0.141 e. The van der Waals surface area contributed by atoms with Gasteiger partial charge in [0.1, 0.15) is 5.60 Å². The highest BCUT2D eigenvalue weighted by Gasteiger charge is 2.42. The SMILES string of the molecule is CN(C)c1ccc(C2(O)c3ccccc3-c3ccccc32)cc1. The van der Waals surface area contributed by atoms with E-state index in [1.807, 2.05) is 62.6 Å². The van der Waals surface area contributed by atoms with Gasteiger partial charge in [-0.15, -0.1) is 0 Å².